The van der Waals surface area contributed by atoms with Crippen LogP contribution in [-0.2, 0) is 9.53 Å². The Morgan fingerprint density at radius 3 is 2.58 bits per heavy atom. The van der Waals surface area contributed by atoms with Gasteiger partial charge in [-0.05, 0) is 25.5 Å². The fourth-order valence-electron chi connectivity index (χ4n) is 0.413. The van der Waals surface area contributed by atoms with E-state index in [4.69, 9.17) is 0 Å². The van der Waals surface area contributed by atoms with E-state index in [0.29, 0.717) is 5.57 Å². The molecule has 0 rings (SSSR count). The third kappa shape index (κ3) is 3.32. The Hall–Kier alpha value is -1.12. The minimum atomic E-state index is -2.10. The van der Waals surface area contributed by atoms with E-state index in [1.165, 1.54) is 0 Å². The van der Waals surface area contributed by atoms with Crippen molar-refractivity contribution in [3.8, 4) is 0 Å². The summed E-state index contributed by atoms with van der Waals surface area (Å²) >= 11 is 0. The lowest BCUT2D eigenvalue weighted by Crippen LogP contribution is -2.29. The van der Waals surface area contributed by atoms with E-state index in [-0.39, 0.29) is 6.61 Å². The van der Waals surface area contributed by atoms with Gasteiger partial charge in [0.2, 0.25) is 5.67 Å². The summed E-state index contributed by atoms with van der Waals surface area (Å²) in [5.41, 5.74) is -1.43. The molecule has 0 aromatic carbocycles. The molecule has 12 heavy (non-hydrogen) atoms. The summed E-state index contributed by atoms with van der Waals surface area (Å²) in [4.78, 5) is 10.9. The zero-order valence-corrected chi connectivity index (χ0v) is 7.39. The molecule has 1 unspecified atom stereocenters. The zero-order chi connectivity index (χ0) is 9.78. The van der Waals surface area contributed by atoms with Crippen molar-refractivity contribution in [3.63, 3.8) is 0 Å². The number of carbonyl (C=O) groups is 1. The fraction of sp³-hybridized carbons (Fsp3) is 0.444. The lowest BCUT2D eigenvalue weighted by Gasteiger charge is -2.13. The molecular formula is C9H13FO2. The van der Waals surface area contributed by atoms with Gasteiger partial charge in [-0.1, -0.05) is 13.2 Å². The Morgan fingerprint density at radius 2 is 2.25 bits per heavy atom. The molecule has 0 bridgehead atoms. The molecule has 2 nitrogen and oxygen atoms in total. The number of rotatable bonds is 4. The summed E-state index contributed by atoms with van der Waals surface area (Å²) in [7, 11) is 0. The van der Waals surface area contributed by atoms with Gasteiger partial charge < -0.3 is 4.74 Å². The quantitative estimate of drug-likeness (QED) is 0.479. The van der Waals surface area contributed by atoms with E-state index in [9.17, 15) is 9.18 Å². The van der Waals surface area contributed by atoms with E-state index in [2.05, 4.69) is 17.9 Å². The predicted octanol–water partition coefficient (Wildman–Crippen LogP) is 2.02. The van der Waals surface area contributed by atoms with E-state index in [1.54, 1.807) is 6.92 Å². The van der Waals surface area contributed by atoms with Crippen molar-refractivity contribution < 1.29 is 13.9 Å². The fourth-order valence-corrected chi connectivity index (χ4v) is 0.413. The molecule has 0 aromatic heterocycles. The normalized spacial score (nSPS) is 14.6. The van der Waals surface area contributed by atoms with Crippen molar-refractivity contribution in [3.05, 3.63) is 24.8 Å². The molecule has 0 saturated carbocycles. The van der Waals surface area contributed by atoms with E-state index < -0.39 is 11.6 Å². The summed E-state index contributed by atoms with van der Waals surface area (Å²) in [6, 6.07) is 0. The van der Waals surface area contributed by atoms with Crippen LogP contribution in [-0.4, -0.2) is 18.2 Å². The molecule has 0 aliphatic carbocycles. The Morgan fingerprint density at radius 1 is 1.75 bits per heavy atom. The molecular weight excluding hydrogens is 159 g/mol. The smallest absolute Gasteiger partial charge is 0.347 e. The van der Waals surface area contributed by atoms with Crippen LogP contribution in [0.4, 0.5) is 4.39 Å². The maximum Gasteiger partial charge on any atom is 0.347 e. The number of hydrogen-bond acceptors (Lipinski definition) is 2. The van der Waals surface area contributed by atoms with Crippen molar-refractivity contribution in [2.75, 3.05) is 6.61 Å². The van der Waals surface area contributed by atoms with Gasteiger partial charge in [0, 0.05) is 0 Å². The van der Waals surface area contributed by atoms with Crippen molar-refractivity contribution in [1.29, 1.82) is 0 Å². The van der Waals surface area contributed by atoms with Gasteiger partial charge in [-0.25, -0.2) is 9.18 Å². The van der Waals surface area contributed by atoms with Gasteiger partial charge in [0.15, 0.2) is 0 Å². The highest BCUT2D eigenvalue weighted by molar-refractivity contribution is 5.81. The molecule has 3 heteroatoms. The van der Waals surface area contributed by atoms with Gasteiger partial charge in [-0.15, -0.1) is 0 Å². The molecule has 0 N–H and O–H groups in total. The van der Waals surface area contributed by atoms with Crippen LogP contribution < -0.4 is 0 Å². The highest BCUT2D eigenvalue weighted by atomic mass is 19.1. The second kappa shape index (κ2) is 4.04. The van der Waals surface area contributed by atoms with Crippen LogP contribution in [0.5, 0.6) is 0 Å². The predicted molar refractivity (Wildman–Crippen MR) is 45.5 cm³/mol. The monoisotopic (exact) mass is 172 g/mol. The minimum Gasteiger partial charge on any atom is -0.459 e. The molecule has 0 aromatic rings. The molecule has 68 valence electrons. The molecule has 0 saturated heterocycles. The molecule has 0 fully saturated rings. The van der Waals surface area contributed by atoms with Gasteiger partial charge in [0.25, 0.3) is 0 Å². The van der Waals surface area contributed by atoms with Gasteiger partial charge in [-0.2, -0.15) is 0 Å². The standard InChI is InChI=1S/C9H13FO2/c1-5-9(4,10)8(11)12-6-7(2)3/h5H,1-2,6H2,3-4H3. The van der Waals surface area contributed by atoms with E-state index >= 15 is 0 Å². The first-order valence-electron chi connectivity index (χ1n) is 3.54. The SMILES string of the molecule is C=CC(C)(F)C(=O)OCC(=C)C. The first-order valence-corrected chi connectivity index (χ1v) is 3.54. The van der Waals surface area contributed by atoms with Crippen LogP contribution in [0.15, 0.2) is 24.8 Å². The number of alkyl halides is 1. The zero-order valence-electron chi connectivity index (χ0n) is 7.39. The summed E-state index contributed by atoms with van der Waals surface area (Å²) in [5.74, 6) is -0.930. The Balaban J connectivity index is 4.04. The molecule has 0 amide bonds. The third-order valence-electron chi connectivity index (χ3n) is 1.23. The van der Waals surface area contributed by atoms with E-state index in [0.717, 1.165) is 13.0 Å². The first kappa shape index (κ1) is 10.9. The van der Waals surface area contributed by atoms with Crippen LogP contribution in [0, 0.1) is 0 Å². The molecule has 0 aliphatic heterocycles. The summed E-state index contributed by atoms with van der Waals surface area (Å²) in [6.45, 7) is 9.53. The second-order valence-electron chi connectivity index (χ2n) is 2.81. The number of ether oxygens (including phenoxy) is 1. The van der Waals surface area contributed by atoms with Gasteiger partial charge in [0.05, 0.1) is 0 Å². The van der Waals surface area contributed by atoms with Crippen LogP contribution in [0.25, 0.3) is 0 Å². The lowest BCUT2D eigenvalue weighted by atomic mass is 10.1. The largest absolute Gasteiger partial charge is 0.459 e. The topological polar surface area (TPSA) is 26.3 Å². The Bertz CT molecular complexity index is 207. The lowest BCUT2D eigenvalue weighted by molar-refractivity contribution is -0.152. The van der Waals surface area contributed by atoms with Crippen molar-refractivity contribution in [2.24, 2.45) is 0 Å². The summed E-state index contributed by atoms with van der Waals surface area (Å²) in [6.07, 6.45) is 0.910. The number of hydrogen-bond donors (Lipinski definition) is 0. The van der Waals surface area contributed by atoms with Crippen molar-refractivity contribution in [2.45, 2.75) is 19.5 Å². The maximum atomic E-state index is 13.0. The average molecular weight is 172 g/mol. The second-order valence-corrected chi connectivity index (χ2v) is 2.81. The van der Waals surface area contributed by atoms with Crippen LogP contribution in [0.2, 0.25) is 0 Å². The van der Waals surface area contributed by atoms with Gasteiger partial charge in [-0.3, -0.25) is 0 Å². The van der Waals surface area contributed by atoms with Crippen molar-refractivity contribution in [1.82, 2.24) is 0 Å². The summed E-state index contributed by atoms with van der Waals surface area (Å²) in [5, 5.41) is 0. The maximum absolute atomic E-state index is 13.0. The highest BCUT2D eigenvalue weighted by Gasteiger charge is 2.30. The Kier molecular flexibility index (Phi) is 3.67. The van der Waals surface area contributed by atoms with E-state index in [1.807, 2.05) is 0 Å². The number of esters is 1. The van der Waals surface area contributed by atoms with Crippen LogP contribution in [0.1, 0.15) is 13.8 Å². The van der Waals surface area contributed by atoms with Crippen molar-refractivity contribution >= 4 is 5.97 Å². The molecule has 1 atom stereocenters. The minimum absolute atomic E-state index is 0.0478. The average Bonchev–Trinajstić information content (AvgIpc) is 2.00. The molecule has 0 heterocycles. The van der Waals surface area contributed by atoms with Crippen LogP contribution in [0.3, 0.4) is 0 Å². The molecule has 0 aliphatic rings. The number of halogens is 1. The summed E-state index contributed by atoms with van der Waals surface area (Å²) < 4.78 is 17.6. The molecule has 0 radical (unpaired) electrons. The third-order valence-corrected chi connectivity index (χ3v) is 1.23. The Labute approximate surface area is 71.7 Å². The number of carbonyl (C=O) groups excluding carboxylic acids is 1. The highest BCUT2D eigenvalue weighted by Crippen LogP contribution is 2.13. The van der Waals surface area contributed by atoms with Gasteiger partial charge in [0.1, 0.15) is 6.61 Å². The van der Waals surface area contributed by atoms with Crippen LogP contribution >= 0.6 is 0 Å². The first-order chi connectivity index (χ1) is 5.40. The van der Waals surface area contributed by atoms with Gasteiger partial charge >= 0.3 is 5.97 Å². The molecule has 0 spiro atoms.